The Hall–Kier alpha value is -4.45. The van der Waals surface area contributed by atoms with Gasteiger partial charge in [-0.05, 0) is 122 Å². The number of unbranched alkanes of at least 4 members (excludes halogenated alkanes) is 29. The summed E-state index contributed by atoms with van der Waals surface area (Å²) in [7, 11) is 0. The van der Waals surface area contributed by atoms with Gasteiger partial charge < -0.3 is 14.2 Å². The zero-order chi connectivity index (χ0) is 59.9. The minimum atomic E-state index is -0.794. The Labute approximate surface area is 513 Å². The van der Waals surface area contributed by atoms with Gasteiger partial charge in [0.05, 0.1) is 0 Å². The van der Waals surface area contributed by atoms with Gasteiger partial charge in [0, 0.05) is 19.3 Å². The molecule has 6 heteroatoms. The van der Waals surface area contributed by atoms with E-state index in [2.05, 4.69) is 154 Å². The molecule has 0 bridgehead atoms. The lowest BCUT2D eigenvalue weighted by Gasteiger charge is -2.18. The predicted molar refractivity (Wildman–Crippen MR) is 362 cm³/mol. The lowest BCUT2D eigenvalue weighted by Crippen LogP contribution is -2.30. The fraction of sp³-hybridized carbons (Fsp3) is 0.675. The summed E-state index contributed by atoms with van der Waals surface area (Å²) in [6.07, 6.45) is 99.0. The zero-order valence-corrected chi connectivity index (χ0v) is 54.2. The van der Waals surface area contributed by atoms with Crippen molar-refractivity contribution in [3.05, 3.63) is 134 Å². The number of allylic oxidation sites excluding steroid dienone is 22. The Morgan fingerprint density at radius 3 is 0.771 bits per heavy atom. The molecule has 0 aromatic rings. The van der Waals surface area contributed by atoms with Crippen LogP contribution in [-0.4, -0.2) is 37.2 Å². The van der Waals surface area contributed by atoms with Crippen molar-refractivity contribution in [2.75, 3.05) is 13.2 Å². The first-order chi connectivity index (χ1) is 41.0. The van der Waals surface area contributed by atoms with E-state index < -0.39 is 6.10 Å². The summed E-state index contributed by atoms with van der Waals surface area (Å²) < 4.78 is 16.9. The van der Waals surface area contributed by atoms with Crippen LogP contribution in [0.15, 0.2) is 134 Å². The highest BCUT2D eigenvalue weighted by Crippen LogP contribution is 2.16. The van der Waals surface area contributed by atoms with E-state index in [9.17, 15) is 14.4 Å². The number of carbonyl (C=O) groups excluding carboxylic acids is 3. The Bertz CT molecular complexity index is 1750. The molecule has 0 radical (unpaired) electrons. The zero-order valence-electron chi connectivity index (χ0n) is 54.2. The molecule has 0 aliphatic heterocycles. The van der Waals surface area contributed by atoms with Crippen molar-refractivity contribution < 1.29 is 28.6 Å². The molecule has 0 rings (SSSR count). The van der Waals surface area contributed by atoms with Gasteiger partial charge in [0.15, 0.2) is 6.10 Å². The van der Waals surface area contributed by atoms with Crippen molar-refractivity contribution >= 4 is 17.9 Å². The van der Waals surface area contributed by atoms with Crippen molar-refractivity contribution in [1.29, 1.82) is 0 Å². The van der Waals surface area contributed by atoms with Crippen molar-refractivity contribution in [2.24, 2.45) is 0 Å². The van der Waals surface area contributed by atoms with Crippen LogP contribution >= 0.6 is 0 Å². The molecular weight excluding hydrogens is 1020 g/mol. The highest BCUT2D eigenvalue weighted by atomic mass is 16.6. The first-order valence-corrected chi connectivity index (χ1v) is 34.7. The molecule has 0 saturated carbocycles. The van der Waals surface area contributed by atoms with Crippen LogP contribution in [0, 0.1) is 0 Å². The molecule has 1 atom stereocenters. The van der Waals surface area contributed by atoms with Gasteiger partial charge in [0.25, 0.3) is 0 Å². The predicted octanol–water partition coefficient (Wildman–Crippen LogP) is 24.1. The van der Waals surface area contributed by atoms with Gasteiger partial charge >= 0.3 is 17.9 Å². The van der Waals surface area contributed by atoms with E-state index >= 15 is 0 Å². The molecule has 0 aromatic carbocycles. The van der Waals surface area contributed by atoms with E-state index in [-0.39, 0.29) is 31.1 Å². The molecule has 0 heterocycles. The quantitative estimate of drug-likeness (QED) is 0.0261. The lowest BCUT2D eigenvalue weighted by molar-refractivity contribution is -0.167. The molecule has 83 heavy (non-hydrogen) atoms. The van der Waals surface area contributed by atoms with Gasteiger partial charge in [0.1, 0.15) is 13.2 Å². The monoisotopic (exact) mass is 1150 g/mol. The van der Waals surface area contributed by atoms with Crippen LogP contribution in [0.25, 0.3) is 0 Å². The van der Waals surface area contributed by atoms with Gasteiger partial charge in [-0.1, -0.05) is 309 Å². The topological polar surface area (TPSA) is 78.9 Å². The molecule has 0 fully saturated rings. The summed E-state index contributed by atoms with van der Waals surface area (Å²) in [6, 6.07) is 0. The highest BCUT2D eigenvalue weighted by Gasteiger charge is 2.19. The Morgan fingerprint density at radius 1 is 0.253 bits per heavy atom. The largest absolute Gasteiger partial charge is 0.462 e. The van der Waals surface area contributed by atoms with E-state index in [0.717, 1.165) is 141 Å². The standard InChI is InChI=1S/C77H128O6/c1-4-7-10-13-16-19-22-25-27-29-31-32-33-34-35-36-37-38-39-40-41-42-43-44-45-46-47-49-50-52-55-58-61-64-67-70-76(79)82-73-74(72-81-75(78)69-66-63-60-57-54-24-21-18-15-12-9-6-3)83-77(80)71-68-65-62-59-56-53-51-48-30-28-26-23-20-17-14-11-8-5-2/h7,10,16,18-19,21,25,27,31-32,34-35,37-38,40-41,43-44,46-47,50,52,74H,4-6,8-9,11-15,17,20,22-24,26,28-30,33,36,39,42,45,48-49,51,53-73H2,1-3H3/b10-7-,19-16-,21-18-,27-25-,32-31-,35-34-,38-37-,41-40-,44-43-,47-46-,52-50-. The number of ether oxygens (including phenoxy) is 3. The summed E-state index contributed by atoms with van der Waals surface area (Å²) >= 11 is 0. The number of hydrogen-bond acceptors (Lipinski definition) is 6. The molecular formula is C77H128O6. The van der Waals surface area contributed by atoms with Gasteiger partial charge in [-0.25, -0.2) is 0 Å². The van der Waals surface area contributed by atoms with Crippen LogP contribution in [0.4, 0.5) is 0 Å². The summed E-state index contributed by atoms with van der Waals surface area (Å²) in [5, 5.41) is 0. The second-order valence-electron chi connectivity index (χ2n) is 22.7. The van der Waals surface area contributed by atoms with Crippen molar-refractivity contribution in [3.63, 3.8) is 0 Å². The molecule has 0 saturated heterocycles. The molecule has 0 N–H and O–H groups in total. The fourth-order valence-electron chi connectivity index (χ4n) is 9.47. The Balaban J connectivity index is 4.31. The smallest absolute Gasteiger partial charge is 0.306 e. The third kappa shape index (κ3) is 68.2. The summed E-state index contributed by atoms with van der Waals surface area (Å²) in [6.45, 7) is 6.50. The summed E-state index contributed by atoms with van der Waals surface area (Å²) in [5.41, 5.74) is 0. The molecule has 0 aliphatic carbocycles. The third-order valence-corrected chi connectivity index (χ3v) is 14.6. The summed E-state index contributed by atoms with van der Waals surface area (Å²) in [5.74, 6) is -0.916. The van der Waals surface area contributed by atoms with Crippen LogP contribution in [0.5, 0.6) is 0 Å². The van der Waals surface area contributed by atoms with Crippen LogP contribution in [0.3, 0.4) is 0 Å². The second kappa shape index (κ2) is 70.0. The van der Waals surface area contributed by atoms with Gasteiger partial charge in [0.2, 0.25) is 0 Å². The maximum Gasteiger partial charge on any atom is 0.306 e. The highest BCUT2D eigenvalue weighted by molar-refractivity contribution is 5.71. The molecule has 0 aromatic heterocycles. The number of esters is 3. The number of hydrogen-bond donors (Lipinski definition) is 0. The Kier molecular flexibility index (Phi) is 66.3. The van der Waals surface area contributed by atoms with Crippen molar-refractivity contribution in [2.45, 2.75) is 322 Å². The minimum Gasteiger partial charge on any atom is -0.462 e. The number of carbonyl (C=O) groups is 3. The second-order valence-corrected chi connectivity index (χ2v) is 22.7. The van der Waals surface area contributed by atoms with Crippen LogP contribution in [0.2, 0.25) is 0 Å². The van der Waals surface area contributed by atoms with E-state index in [4.69, 9.17) is 14.2 Å². The average Bonchev–Trinajstić information content (AvgIpc) is 3.49. The minimum absolute atomic E-state index is 0.0902. The SMILES string of the molecule is CC/C=C\C/C=C\C/C=C\C/C=C\C/C=C\C/C=C\C/C=C\C/C=C\C/C=C\C/C=C\CCCCCCC(=O)OCC(COC(=O)CCCCCCC/C=C\CCCCC)OC(=O)CCCCCCCCCCCCCCCCCCCC. The van der Waals surface area contributed by atoms with Gasteiger partial charge in [-0.3, -0.25) is 14.4 Å². The summed E-state index contributed by atoms with van der Waals surface area (Å²) in [4.78, 5) is 38.3. The first-order valence-electron chi connectivity index (χ1n) is 34.7. The van der Waals surface area contributed by atoms with E-state index in [1.165, 1.54) is 135 Å². The number of rotatable bonds is 62. The average molecular weight is 1150 g/mol. The van der Waals surface area contributed by atoms with Gasteiger partial charge in [-0.15, -0.1) is 0 Å². The first kappa shape index (κ1) is 78.5. The normalized spacial score (nSPS) is 13.0. The van der Waals surface area contributed by atoms with Crippen molar-refractivity contribution in [1.82, 2.24) is 0 Å². The molecule has 0 amide bonds. The molecule has 1 unspecified atom stereocenters. The van der Waals surface area contributed by atoms with Crippen LogP contribution in [-0.2, 0) is 28.6 Å². The third-order valence-electron chi connectivity index (χ3n) is 14.6. The van der Waals surface area contributed by atoms with E-state index in [1.807, 2.05) is 0 Å². The van der Waals surface area contributed by atoms with Crippen LogP contribution in [0.1, 0.15) is 316 Å². The molecule has 472 valence electrons. The molecule has 6 nitrogen and oxygen atoms in total. The Morgan fingerprint density at radius 2 is 0.470 bits per heavy atom. The molecule has 0 aliphatic rings. The van der Waals surface area contributed by atoms with Gasteiger partial charge in [-0.2, -0.15) is 0 Å². The lowest BCUT2D eigenvalue weighted by atomic mass is 10.0. The van der Waals surface area contributed by atoms with E-state index in [0.29, 0.717) is 19.3 Å². The van der Waals surface area contributed by atoms with Crippen molar-refractivity contribution in [3.8, 4) is 0 Å². The maximum atomic E-state index is 12.9. The van der Waals surface area contributed by atoms with E-state index in [1.54, 1.807) is 0 Å². The van der Waals surface area contributed by atoms with Crippen LogP contribution < -0.4 is 0 Å². The molecule has 0 spiro atoms. The maximum absolute atomic E-state index is 12.9. The fourth-order valence-corrected chi connectivity index (χ4v) is 9.47.